The molecule has 1 fully saturated rings. The normalized spacial score (nSPS) is 15.0. The van der Waals surface area contributed by atoms with E-state index < -0.39 is 0 Å². The molecule has 3 aromatic heterocycles. The molecule has 1 saturated heterocycles. The molecule has 114 valence electrons. The van der Waals surface area contributed by atoms with Crippen molar-refractivity contribution >= 4 is 28.0 Å². The van der Waals surface area contributed by atoms with Crippen molar-refractivity contribution in [1.29, 1.82) is 0 Å². The Bertz CT molecular complexity index is 994. The molecule has 0 amide bonds. The maximum absolute atomic E-state index is 4.75. The Kier molecular flexibility index (Phi) is 2.61. The smallest absolute Gasteiger partial charge is 0.227 e. The zero-order valence-electron chi connectivity index (χ0n) is 12.5. The summed E-state index contributed by atoms with van der Waals surface area (Å²) in [7, 11) is 0. The van der Waals surface area contributed by atoms with Gasteiger partial charge in [-0.2, -0.15) is 10.1 Å². The second-order valence-corrected chi connectivity index (χ2v) is 5.83. The van der Waals surface area contributed by atoms with E-state index in [-0.39, 0.29) is 0 Å². The second kappa shape index (κ2) is 4.77. The molecule has 0 bridgehead atoms. The number of rotatable bonds is 2. The summed E-state index contributed by atoms with van der Waals surface area (Å²) in [6.07, 6.45) is 7.84. The Morgan fingerprint density at radius 2 is 1.96 bits per heavy atom. The van der Waals surface area contributed by atoms with Crippen LogP contribution in [0.15, 0.2) is 36.9 Å². The molecule has 1 N–H and O–H groups in total. The third-order valence-electron chi connectivity index (χ3n) is 4.37. The molecule has 5 rings (SSSR count). The topological polar surface area (TPSA) is 75.5 Å². The molecule has 1 aliphatic heterocycles. The van der Waals surface area contributed by atoms with Gasteiger partial charge in [-0.1, -0.05) is 0 Å². The minimum atomic E-state index is 0.793. The highest BCUT2D eigenvalue weighted by Gasteiger charge is 2.17. The number of fused-ring (bicyclic) bond motifs is 2. The lowest BCUT2D eigenvalue weighted by Crippen LogP contribution is -2.20. The van der Waals surface area contributed by atoms with E-state index >= 15 is 0 Å². The Morgan fingerprint density at radius 3 is 2.87 bits per heavy atom. The molecule has 0 atom stereocenters. The highest BCUT2D eigenvalue weighted by atomic mass is 15.3. The molecule has 0 saturated carbocycles. The number of benzene rings is 1. The minimum absolute atomic E-state index is 0.793. The van der Waals surface area contributed by atoms with E-state index in [0.29, 0.717) is 0 Å². The lowest BCUT2D eigenvalue weighted by atomic mass is 10.2. The van der Waals surface area contributed by atoms with Crippen LogP contribution in [0.25, 0.3) is 27.8 Å². The van der Waals surface area contributed by atoms with Gasteiger partial charge in [-0.15, -0.1) is 0 Å². The van der Waals surface area contributed by atoms with Gasteiger partial charge >= 0.3 is 0 Å². The predicted molar refractivity (Wildman–Crippen MR) is 87.8 cm³/mol. The third-order valence-corrected chi connectivity index (χ3v) is 4.37. The number of anilines is 1. The van der Waals surface area contributed by atoms with Crippen LogP contribution < -0.4 is 4.90 Å². The van der Waals surface area contributed by atoms with Gasteiger partial charge in [0.15, 0.2) is 5.65 Å². The molecular formula is C16H15N7. The van der Waals surface area contributed by atoms with Crippen LogP contribution in [-0.4, -0.2) is 42.8 Å². The Labute approximate surface area is 132 Å². The first-order valence-electron chi connectivity index (χ1n) is 7.77. The van der Waals surface area contributed by atoms with Crippen molar-refractivity contribution < 1.29 is 0 Å². The van der Waals surface area contributed by atoms with Crippen molar-refractivity contribution in [3.63, 3.8) is 0 Å². The largest absolute Gasteiger partial charge is 0.341 e. The molecule has 0 aliphatic carbocycles. The zero-order chi connectivity index (χ0) is 15.2. The Morgan fingerprint density at radius 1 is 1.04 bits per heavy atom. The van der Waals surface area contributed by atoms with E-state index in [1.807, 2.05) is 29.1 Å². The monoisotopic (exact) mass is 305 g/mol. The zero-order valence-corrected chi connectivity index (χ0v) is 12.5. The van der Waals surface area contributed by atoms with Gasteiger partial charge < -0.3 is 4.90 Å². The SMILES string of the molecule is c1cc2[nH]ncc2cc1-n1cnc2cnc(N3CCCC3)nc21. The highest BCUT2D eigenvalue weighted by Crippen LogP contribution is 2.22. The molecule has 23 heavy (non-hydrogen) atoms. The third kappa shape index (κ3) is 1.97. The maximum Gasteiger partial charge on any atom is 0.227 e. The first kappa shape index (κ1) is 12.6. The van der Waals surface area contributed by atoms with Crippen LogP contribution >= 0.6 is 0 Å². The van der Waals surface area contributed by atoms with E-state index in [0.717, 1.165) is 46.8 Å². The highest BCUT2D eigenvalue weighted by molar-refractivity contribution is 5.81. The molecule has 7 nitrogen and oxygen atoms in total. The fourth-order valence-electron chi connectivity index (χ4n) is 3.14. The summed E-state index contributed by atoms with van der Waals surface area (Å²) in [6, 6.07) is 6.14. The summed E-state index contributed by atoms with van der Waals surface area (Å²) in [5.74, 6) is 0.793. The second-order valence-electron chi connectivity index (χ2n) is 5.83. The van der Waals surface area contributed by atoms with E-state index in [4.69, 9.17) is 4.98 Å². The van der Waals surface area contributed by atoms with Crippen LogP contribution in [0.5, 0.6) is 0 Å². The predicted octanol–water partition coefficient (Wildman–Crippen LogP) is 2.29. The first-order valence-corrected chi connectivity index (χ1v) is 7.77. The van der Waals surface area contributed by atoms with Crippen LogP contribution in [-0.2, 0) is 0 Å². The van der Waals surface area contributed by atoms with Crippen LogP contribution in [0.3, 0.4) is 0 Å². The number of hydrogen-bond donors (Lipinski definition) is 1. The summed E-state index contributed by atoms with van der Waals surface area (Å²) in [5, 5.41) is 8.11. The van der Waals surface area contributed by atoms with Gasteiger partial charge in [0.25, 0.3) is 0 Å². The number of H-pyrrole nitrogens is 1. The molecule has 0 unspecified atom stereocenters. The number of hydrogen-bond acceptors (Lipinski definition) is 5. The van der Waals surface area contributed by atoms with Crippen molar-refractivity contribution in [2.45, 2.75) is 12.8 Å². The number of aromatic amines is 1. The molecule has 4 heterocycles. The molecule has 4 aromatic rings. The van der Waals surface area contributed by atoms with Crippen molar-refractivity contribution in [2.75, 3.05) is 18.0 Å². The summed E-state index contributed by atoms with van der Waals surface area (Å²) in [4.78, 5) is 15.9. The number of imidazole rings is 1. The quantitative estimate of drug-likeness (QED) is 0.615. The molecule has 1 aliphatic rings. The Hall–Kier alpha value is -2.96. The summed E-state index contributed by atoms with van der Waals surface area (Å²) in [6.45, 7) is 2.06. The van der Waals surface area contributed by atoms with Gasteiger partial charge in [-0.05, 0) is 31.0 Å². The fraction of sp³-hybridized carbons (Fsp3) is 0.250. The number of aromatic nitrogens is 6. The van der Waals surface area contributed by atoms with E-state index in [9.17, 15) is 0 Å². The van der Waals surface area contributed by atoms with Crippen LogP contribution in [0.1, 0.15) is 12.8 Å². The van der Waals surface area contributed by atoms with Crippen LogP contribution in [0.2, 0.25) is 0 Å². The van der Waals surface area contributed by atoms with Crippen molar-refractivity contribution in [3.8, 4) is 5.69 Å². The van der Waals surface area contributed by atoms with Crippen molar-refractivity contribution in [2.24, 2.45) is 0 Å². The van der Waals surface area contributed by atoms with Gasteiger partial charge in [-0.3, -0.25) is 9.67 Å². The average molecular weight is 305 g/mol. The first-order chi connectivity index (χ1) is 11.4. The molecular weight excluding hydrogens is 290 g/mol. The van der Waals surface area contributed by atoms with Gasteiger partial charge in [-0.25, -0.2) is 9.97 Å². The van der Waals surface area contributed by atoms with Gasteiger partial charge in [0.2, 0.25) is 5.95 Å². The summed E-state index contributed by atoms with van der Waals surface area (Å²) < 4.78 is 2.00. The fourth-order valence-corrected chi connectivity index (χ4v) is 3.14. The summed E-state index contributed by atoms with van der Waals surface area (Å²) in [5.41, 5.74) is 3.68. The number of nitrogens with one attached hydrogen (secondary N) is 1. The van der Waals surface area contributed by atoms with Crippen LogP contribution in [0.4, 0.5) is 5.95 Å². The van der Waals surface area contributed by atoms with Crippen molar-refractivity contribution in [1.82, 2.24) is 29.7 Å². The van der Waals surface area contributed by atoms with E-state index in [2.05, 4.69) is 31.1 Å². The summed E-state index contributed by atoms with van der Waals surface area (Å²) >= 11 is 0. The molecule has 0 spiro atoms. The standard InChI is InChI=1S/C16H15N7/c1-2-6-22(5-1)16-17-9-14-15(20-16)23(10-18-14)12-3-4-13-11(7-12)8-19-21-13/h3-4,7-10H,1-2,5-6H2,(H,19,21). The van der Waals surface area contributed by atoms with E-state index in [1.165, 1.54) is 12.8 Å². The van der Waals surface area contributed by atoms with Gasteiger partial charge in [0, 0.05) is 24.2 Å². The maximum atomic E-state index is 4.75. The lowest BCUT2D eigenvalue weighted by Gasteiger charge is -2.14. The van der Waals surface area contributed by atoms with Gasteiger partial charge in [0.1, 0.15) is 11.8 Å². The molecule has 1 aromatic carbocycles. The average Bonchev–Trinajstić information content (AvgIpc) is 3.32. The van der Waals surface area contributed by atoms with Crippen molar-refractivity contribution in [3.05, 3.63) is 36.9 Å². The number of nitrogens with zero attached hydrogens (tertiary/aromatic N) is 6. The molecule has 0 radical (unpaired) electrons. The van der Waals surface area contributed by atoms with E-state index in [1.54, 1.807) is 6.33 Å². The minimum Gasteiger partial charge on any atom is -0.341 e. The Balaban J connectivity index is 1.66. The lowest BCUT2D eigenvalue weighted by molar-refractivity contribution is 0.901. The van der Waals surface area contributed by atoms with Crippen LogP contribution in [0, 0.1) is 0 Å². The van der Waals surface area contributed by atoms with Gasteiger partial charge in [0.05, 0.1) is 17.9 Å². The molecule has 7 heteroatoms.